The highest BCUT2D eigenvalue weighted by Gasteiger charge is 2.11. The minimum absolute atomic E-state index is 0.0961. The lowest BCUT2D eigenvalue weighted by Gasteiger charge is -1.97. The summed E-state index contributed by atoms with van der Waals surface area (Å²) < 4.78 is 3.85. The Labute approximate surface area is 63.0 Å². The predicted molar refractivity (Wildman–Crippen MR) is 40.1 cm³/mol. The summed E-state index contributed by atoms with van der Waals surface area (Å²) in [6.07, 6.45) is 0. The molecular formula is C6H8N2OS. The molecule has 1 rings (SSSR count). The Balaban J connectivity index is 2.78. The maximum absolute atomic E-state index is 11.0. The van der Waals surface area contributed by atoms with Crippen molar-refractivity contribution < 1.29 is 4.79 Å². The molecule has 0 bridgehead atoms. The van der Waals surface area contributed by atoms with Crippen molar-refractivity contribution in [3.8, 4) is 0 Å². The van der Waals surface area contributed by atoms with Crippen molar-refractivity contribution in [2.45, 2.75) is 13.0 Å². The third-order valence-electron chi connectivity index (χ3n) is 1.10. The second kappa shape index (κ2) is 2.90. The molecule has 0 aliphatic carbocycles. The summed E-state index contributed by atoms with van der Waals surface area (Å²) in [6.45, 7) is 1.65. The zero-order valence-corrected chi connectivity index (χ0v) is 6.39. The quantitative estimate of drug-likeness (QED) is 0.640. The maximum atomic E-state index is 11.0. The van der Waals surface area contributed by atoms with Crippen LogP contribution >= 0.6 is 11.5 Å². The van der Waals surface area contributed by atoms with Crippen molar-refractivity contribution in [1.82, 2.24) is 4.37 Å². The largest absolute Gasteiger partial charge is 0.321 e. The van der Waals surface area contributed by atoms with Gasteiger partial charge in [0.15, 0.2) is 5.78 Å². The highest BCUT2D eigenvalue weighted by molar-refractivity contribution is 7.03. The molecular weight excluding hydrogens is 148 g/mol. The van der Waals surface area contributed by atoms with Crippen LogP contribution in [-0.2, 0) is 0 Å². The monoisotopic (exact) mass is 156 g/mol. The summed E-state index contributed by atoms with van der Waals surface area (Å²) in [7, 11) is 0. The smallest absolute Gasteiger partial charge is 0.198 e. The van der Waals surface area contributed by atoms with Crippen molar-refractivity contribution in [3.05, 3.63) is 17.1 Å². The highest BCUT2D eigenvalue weighted by atomic mass is 32.1. The average molecular weight is 156 g/mol. The van der Waals surface area contributed by atoms with Gasteiger partial charge >= 0.3 is 0 Å². The van der Waals surface area contributed by atoms with Crippen LogP contribution in [0.1, 0.15) is 17.4 Å². The summed E-state index contributed by atoms with van der Waals surface area (Å²) >= 11 is 1.26. The molecule has 0 amide bonds. The van der Waals surface area contributed by atoms with Gasteiger partial charge in [-0.3, -0.25) is 4.79 Å². The van der Waals surface area contributed by atoms with Gasteiger partial charge in [0.05, 0.1) is 6.04 Å². The Kier molecular flexibility index (Phi) is 2.13. The van der Waals surface area contributed by atoms with E-state index in [9.17, 15) is 4.79 Å². The molecule has 1 aromatic heterocycles. The van der Waals surface area contributed by atoms with Crippen LogP contribution in [0.2, 0.25) is 0 Å². The molecule has 0 spiro atoms. The van der Waals surface area contributed by atoms with Gasteiger partial charge < -0.3 is 5.73 Å². The fourth-order valence-corrected chi connectivity index (χ4v) is 1.09. The molecule has 4 heteroatoms. The average Bonchev–Trinajstić information content (AvgIpc) is 2.36. The van der Waals surface area contributed by atoms with Gasteiger partial charge in [-0.15, -0.1) is 0 Å². The number of aromatic nitrogens is 1. The van der Waals surface area contributed by atoms with Crippen LogP contribution in [0, 0.1) is 0 Å². The number of rotatable bonds is 2. The van der Waals surface area contributed by atoms with Crippen LogP contribution in [0.3, 0.4) is 0 Å². The van der Waals surface area contributed by atoms with E-state index in [-0.39, 0.29) is 5.78 Å². The molecule has 0 fully saturated rings. The van der Waals surface area contributed by atoms with E-state index in [2.05, 4.69) is 4.37 Å². The molecule has 1 atom stereocenters. The maximum Gasteiger partial charge on any atom is 0.198 e. The van der Waals surface area contributed by atoms with Crippen LogP contribution in [0.5, 0.6) is 0 Å². The third kappa shape index (κ3) is 1.40. The Morgan fingerprint density at radius 1 is 1.90 bits per heavy atom. The van der Waals surface area contributed by atoms with Gasteiger partial charge in [0.25, 0.3) is 0 Å². The molecule has 0 saturated carbocycles. The zero-order chi connectivity index (χ0) is 7.56. The lowest BCUT2D eigenvalue weighted by atomic mass is 10.2. The molecule has 2 N–H and O–H groups in total. The molecule has 3 nitrogen and oxygen atoms in total. The van der Waals surface area contributed by atoms with Crippen LogP contribution in [0.15, 0.2) is 11.4 Å². The predicted octanol–water partition coefficient (Wildman–Crippen LogP) is 0.673. The zero-order valence-electron chi connectivity index (χ0n) is 5.57. The highest BCUT2D eigenvalue weighted by Crippen LogP contribution is 2.01. The van der Waals surface area contributed by atoms with Crippen LogP contribution in [-0.4, -0.2) is 16.2 Å². The van der Waals surface area contributed by atoms with Gasteiger partial charge in [-0.2, -0.15) is 4.37 Å². The Hall–Kier alpha value is -0.740. The number of nitrogens with two attached hydrogens (primary N) is 1. The second-order valence-corrected chi connectivity index (χ2v) is 2.70. The number of carbonyl (C=O) groups is 1. The molecule has 1 unspecified atom stereocenters. The topological polar surface area (TPSA) is 56.0 Å². The Morgan fingerprint density at radius 2 is 2.60 bits per heavy atom. The van der Waals surface area contributed by atoms with Gasteiger partial charge in [-0.25, -0.2) is 0 Å². The van der Waals surface area contributed by atoms with Crippen molar-refractivity contribution in [3.63, 3.8) is 0 Å². The van der Waals surface area contributed by atoms with Gasteiger partial charge in [0, 0.05) is 5.38 Å². The molecule has 1 heterocycles. The van der Waals surface area contributed by atoms with E-state index in [1.54, 1.807) is 18.4 Å². The van der Waals surface area contributed by atoms with E-state index in [0.717, 1.165) is 0 Å². The number of hydrogen-bond acceptors (Lipinski definition) is 4. The molecule has 0 saturated heterocycles. The number of hydrogen-bond donors (Lipinski definition) is 1. The van der Waals surface area contributed by atoms with E-state index in [0.29, 0.717) is 5.69 Å². The van der Waals surface area contributed by atoms with Crippen LogP contribution in [0.4, 0.5) is 0 Å². The first-order valence-electron chi connectivity index (χ1n) is 2.92. The molecule has 0 aliphatic rings. The standard InChI is InChI=1S/C6H8N2OS/c1-4(7)6(9)5-2-3-10-8-5/h2-4H,7H2,1H3. The SMILES string of the molecule is CC(N)C(=O)c1ccsn1. The van der Waals surface area contributed by atoms with E-state index in [1.807, 2.05) is 0 Å². The second-order valence-electron chi connectivity index (χ2n) is 2.04. The van der Waals surface area contributed by atoms with Crippen molar-refractivity contribution in [1.29, 1.82) is 0 Å². The van der Waals surface area contributed by atoms with Gasteiger partial charge in [-0.1, -0.05) is 0 Å². The van der Waals surface area contributed by atoms with Crippen LogP contribution < -0.4 is 5.73 Å². The van der Waals surface area contributed by atoms with E-state index < -0.39 is 6.04 Å². The van der Waals surface area contributed by atoms with E-state index in [1.165, 1.54) is 11.5 Å². The molecule has 54 valence electrons. The Bertz CT molecular complexity index is 218. The number of nitrogens with zero attached hydrogens (tertiary/aromatic N) is 1. The fraction of sp³-hybridized carbons (Fsp3) is 0.333. The molecule has 1 aromatic rings. The summed E-state index contributed by atoms with van der Waals surface area (Å²) in [4.78, 5) is 11.0. The summed E-state index contributed by atoms with van der Waals surface area (Å²) in [5, 5.41) is 1.76. The summed E-state index contributed by atoms with van der Waals surface area (Å²) in [5.74, 6) is -0.0961. The first kappa shape index (κ1) is 7.37. The summed E-state index contributed by atoms with van der Waals surface area (Å²) in [5.41, 5.74) is 5.81. The van der Waals surface area contributed by atoms with Crippen LogP contribution in [0.25, 0.3) is 0 Å². The first-order chi connectivity index (χ1) is 4.72. The fourth-order valence-electron chi connectivity index (χ4n) is 0.573. The summed E-state index contributed by atoms with van der Waals surface area (Å²) in [6, 6.07) is 1.23. The van der Waals surface area contributed by atoms with E-state index >= 15 is 0 Å². The van der Waals surface area contributed by atoms with Gasteiger partial charge in [-0.05, 0) is 24.5 Å². The first-order valence-corrected chi connectivity index (χ1v) is 3.75. The number of Topliss-reactive ketones (excluding diaryl/α,β-unsaturated/α-hetero) is 1. The number of carbonyl (C=O) groups excluding carboxylic acids is 1. The van der Waals surface area contributed by atoms with Crippen molar-refractivity contribution >= 4 is 17.3 Å². The third-order valence-corrected chi connectivity index (χ3v) is 1.66. The van der Waals surface area contributed by atoms with Gasteiger partial charge in [0.1, 0.15) is 5.69 Å². The molecule has 10 heavy (non-hydrogen) atoms. The lowest BCUT2D eigenvalue weighted by Crippen LogP contribution is -2.26. The van der Waals surface area contributed by atoms with E-state index in [4.69, 9.17) is 5.73 Å². The van der Waals surface area contributed by atoms with Crippen molar-refractivity contribution in [2.75, 3.05) is 0 Å². The normalized spacial score (nSPS) is 13.0. The van der Waals surface area contributed by atoms with Crippen molar-refractivity contribution in [2.24, 2.45) is 5.73 Å². The molecule has 0 aliphatic heterocycles. The molecule has 0 radical (unpaired) electrons. The molecule has 0 aromatic carbocycles. The minimum atomic E-state index is -0.443. The Morgan fingerprint density at radius 3 is 3.00 bits per heavy atom. The minimum Gasteiger partial charge on any atom is -0.321 e. The number of ketones is 1. The lowest BCUT2D eigenvalue weighted by molar-refractivity contribution is 0.0964. The van der Waals surface area contributed by atoms with Gasteiger partial charge in [0.2, 0.25) is 0 Å².